The van der Waals surface area contributed by atoms with Crippen molar-refractivity contribution < 1.29 is 4.79 Å². The van der Waals surface area contributed by atoms with E-state index in [-0.39, 0.29) is 5.91 Å². The van der Waals surface area contributed by atoms with Crippen LogP contribution < -0.4 is 5.32 Å². The minimum Gasteiger partial charge on any atom is -0.353 e. The Kier molecular flexibility index (Phi) is 3.85. The van der Waals surface area contributed by atoms with Gasteiger partial charge in [0.2, 0.25) is 5.91 Å². The van der Waals surface area contributed by atoms with Crippen LogP contribution in [-0.2, 0) is 4.79 Å². The molecule has 3 heteroatoms. The molecule has 0 aliphatic carbocycles. The Hall–Kier alpha value is -1.64. The molecule has 0 aromatic carbocycles. The topological polar surface area (TPSA) is 42.0 Å². The van der Waals surface area contributed by atoms with E-state index in [0.717, 1.165) is 11.3 Å². The lowest BCUT2D eigenvalue weighted by Gasteiger charge is -1.95. The molecule has 74 valence electrons. The Labute approximate surface area is 83.9 Å². The molecule has 0 fully saturated rings. The van der Waals surface area contributed by atoms with E-state index in [0.29, 0.717) is 6.54 Å². The van der Waals surface area contributed by atoms with Crippen LogP contribution in [0.3, 0.4) is 0 Å². The number of hydrogen-bond acceptors (Lipinski definition) is 2. The first-order chi connectivity index (χ1) is 6.68. The minimum absolute atomic E-state index is 0.0217. The molecule has 0 spiro atoms. The van der Waals surface area contributed by atoms with Crippen LogP contribution in [0.2, 0.25) is 0 Å². The Bertz CT molecular complexity index is 328. The Morgan fingerprint density at radius 2 is 2.36 bits per heavy atom. The van der Waals surface area contributed by atoms with Gasteiger partial charge in [0, 0.05) is 19.7 Å². The molecule has 1 rings (SSSR count). The number of hydrogen-bond donors (Lipinski definition) is 1. The molecule has 0 atom stereocenters. The van der Waals surface area contributed by atoms with Gasteiger partial charge in [-0.3, -0.25) is 9.78 Å². The van der Waals surface area contributed by atoms with Gasteiger partial charge < -0.3 is 5.32 Å². The highest BCUT2D eigenvalue weighted by molar-refractivity contribution is 5.73. The molecule has 0 aliphatic rings. The highest BCUT2D eigenvalue weighted by Gasteiger charge is 1.88. The van der Waals surface area contributed by atoms with Gasteiger partial charge >= 0.3 is 0 Å². The summed E-state index contributed by atoms with van der Waals surface area (Å²) in [6.07, 6.45) is 5.58. The monoisotopic (exact) mass is 190 g/mol. The van der Waals surface area contributed by atoms with Gasteiger partial charge in [0.1, 0.15) is 0 Å². The highest BCUT2D eigenvalue weighted by Crippen LogP contribution is 1.99. The third-order valence-corrected chi connectivity index (χ3v) is 1.69. The van der Waals surface area contributed by atoms with Crippen molar-refractivity contribution in [3.63, 3.8) is 0 Å². The molecule has 0 aliphatic heterocycles. The standard InChI is InChI=1S/C11H14N2O/c1-9-5-6-11(13-8-9)4-3-7-12-10(2)14/h3-6,8H,7H2,1-2H3,(H,12,14). The second-order valence-electron chi connectivity index (χ2n) is 3.10. The summed E-state index contributed by atoms with van der Waals surface area (Å²) in [5.74, 6) is -0.0217. The van der Waals surface area contributed by atoms with Gasteiger partial charge in [-0.15, -0.1) is 0 Å². The maximum Gasteiger partial charge on any atom is 0.217 e. The smallest absolute Gasteiger partial charge is 0.217 e. The van der Waals surface area contributed by atoms with Crippen LogP contribution in [0, 0.1) is 6.92 Å². The maximum atomic E-state index is 10.5. The summed E-state index contributed by atoms with van der Waals surface area (Å²) in [6, 6.07) is 3.95. The van der Waals surface area contributed by atoms with Crippen molar-refractivity contribution in [1.82, 2.24) is 10.3 Å². The molecular formula is C11H14N2O. The fourth-order valence-corrected chi connectivity index (χ4v) is 0.960. The minimum atomic E-state index is -0.0217. The average molecular weight is 190 g/mol. The highest BCUT2D eigenvalue weighted by atomic mass is 16.1. The second-order valence-corrected chi connectivity index (χ2v) is 3.10. The largest absolute Gasteiger partial charge is 0.353 e. The summed E-state index contributed by atoms with van der Waals surface area (Å²) in [6.45, 7) is 4.04. The second kappa shape index (κ2) is 5.17. The number of carbonyl (C=O) groups excluding carboxylic acids is 1. The van der Waals surface area contributed by atoms with Gasteiger partial charge in [-0.25, -0.2) is 0 Å². The molecule has 3 nitrogen and oxygen atoms in total. The van der Waals surface area contributed by atoms with Crippen molar-refractivity contribution in [2.75, 3.05) is 6.54 Å². The summed E-state index contributed by atoms with van der Waals surface area (Å²) in [5, 5.41) is 2.67. The predicted molar refractivity (Wildman–Crippen MR) is 56.7 cm³/mol. The molecule has 0 saturated heterocycles. The van der Waals surface area contributed by atoms with Gasteiger partial charge in [0.25, 0.3) is 0 Å². The van der Waals surface area contributed by atoms with E-state index >= 15 is 0 Å². The van der Waals surface area contributed by atoms with Crippen LogP contribution in [-0.4, -0.2) is 17.4 Å². The maximum absolute atomic E-state index is 10.5. The van der Waals surface area contributed by atoms with Crippen molar-refractivity contribution in [1.29, 1.82) is 0 Å². The zero-order valence-corrected chi connectivity index (χ0v) is 8.45. The van der Waals surface area contributed by atoms with Crippen molar-refractivity contribution in [3.8, 4) is 0 Å². The van der Waals surface area contributed by atoms with Gasteiger partial charge in [0.15, 0.2) is 0 Å². The fourth-order valence-electron chi connectivity index (χ4n) is 0.960. The Morgan fingerprint density at radius 3 is 2.93 bits per heavy atom. The summed E-state index contributed by atoms with van der Waals surface area (Å²) < 4.78 is 0. The summed E-state index contributed by atoms with van der Waals surface area (Å²) in [7, 11) is 0. The Morgan fingerprint density at radius 1 is 1.57 bits per heavy atom. The predicted octanol–water partition coefficient (Wildman–Crippen LogP) is 1.54. The van der Waals surface area contributed by atoms with Crippen molar-refractivity contribution in [2.24, 2.45) is 0 Å². The molecular weight excluding hydrogens is 176 g/mol. The number of rotatable bonds is 3. The molecule has 0 radical (unpaired) electrons. The zero-order valence-electron chi connectivity index (χ0n) is 8.45. The van der Waals surface area contributed by atoms with Crippen LogP contribution in [0.5, 0.6) is 0 Å². The van der Waals surface area contributed by atoms with Crippen LogP contribution in [0.4, 0.5) is 0 Å². The van der Waals surface area contributed by atoms with Gasteiger partial charge in [-0.05, 0) is 24.6 Å². The third kappa shape index (κ3) is 3.85. The van der Waals surface area contributed by atoms with Gasteiger partial charge in [-0.2, -0.15) is 0 Å². The number of aromatic nitrogens is 1. The van der Waals surface area contributed by atoms with Crippen molar-refractivity contribution >= 4 is 12.0 Å². The molecule has 0 bridgehead atoms. The molecule has 1 heterocycles. The van der Waals surface area contributed by atoms with Crippen LogP contribution in [0.1, 0.15) is 18.2 Å². The van der Waals surface area contributed by atoms with E-state index in [1.54, 1.807) is 0 Å². The number of amides is 1. The lowest BCUT2D eigenvalue weighted by atomic mass is 10.2. The normalized spacial score (nSPS) is 10.4. The first kappa shape index (κ1) is 10.4. The van der Waals surface area contributed by atoms with E-state index in [9.17, 15) is 4.79 Å². The van der Waals surface area contributed by atoms with E-state index < -0.39 is 0 Å². The van der Waals surface area contributed by atoms with E-state index in [4.69, 9.17) is 0 Å². The average Bonchev–Trinajstić information content (AvgIpc) is 2.15. The first-order valence-electron chi connectivity index (χ1n) is 4.52. The molecule has 1 amide bonds. The van der Waals surface area contributed by atoms with Crippen molar-refractivity contribution in [2.45, 2.75) is 13.8 Å². The fraction of sp³-hybridized carbons (Fsp3) is 0.273. The lowest BCUT2D eigenvalue weighted by molar-refractivity contribution is -0.118. The molecule has 0 saturated carbocycles. The quantitative estimate of drug-likeness (QED) is 0.785. The number of nitrogens with zero attached hydrogens (tertiary/aromatic N) is 1. The van der Waals surface area contributed by atoms with E-state index in [1.807, 2.05) is 37.4 Å². The van der Waals surface area contributed by atoms with Crippen LogP contribution >= 0.6 is 0 Å². The number of aryl methyl sites for hydroxylation is 1. The molecule has 0 unspecified atom stereocenters. The number of pyridine rings is 1. The van der Waals surface area contributed by atoms with E-state index in [2.05, 4.69) is 10.3 Å². The summed E-state index contributed by atoms with van der Waals surface area (Å²) in [4.78, 5) is 14.7. The lowest BCUT2D eigenvalue weighted by Crippen LogP contribution is -2.19. The molecule has 1 aromatic heterocycles. The molecule has 1 aromatic rings. The SMILES string of the molecule is CC(=O)NCC=Cc1ccc(C)cn1. The molecule has 14 heavy (non-hydrogen) atoms. The first-order valence-corrected chi connectivity index (χ1v) is 4.52. The van der Waals surface area contributed by atoms with Crippen molar-refractivity contribution in [3.05, 3.63) is 35.7 Å². The summed E-state index contributed by atoms with van der Waals surface area (Å²) in [5.41, 5.74) is 2.05. The van der Waals surface area contributed by atoms with Gasteiger partial charge in [0.05, 0.1) is 5.69 Å². The third-order valence-electron chi connectivity index (χ3n) is 1.69. The van der Waals surface area contributed by atoms with Crippen LogP contribution in [0.15, 0.2) is 24.4 Å². The number of nitrogens with one attached hydrogen (secondary N) is 1. The summed E-state index contributed by atoms with van der Waals surface area (Å²) >= 11 is 0. The van der Waals surface area contributed by atoms with E-state index in [1.165, 1.54) is 6.92 Å². The zero-order chi connectivity index (χ0) is 10.4. The van der Waals surface area contributed by atoms with Gasteiger partial charge in [-0.1, -0.05) is 12.1 Å². The number of carbonyl (C=O) groups is 1. The molecule has 1 N–H and O–H groups in total. The Balaban J connectivity index is 2.44. The van der Waals surface area contributed by atoms with Crippen LogP contribution in [0.25, 0.3) is 6.08 Å².